The van der Waals surface area contributed by atoms with Crippen molar-refractivity contribution in [1.29, 1.82) is 0 Å². The first kappa shape index (κ1) is 14.1. The molecule has 0 N–H and O–H groups in total. The molecule has 0 saturated carbocycles. The van der Waals surface area contributed by atoms with Crippen molar-refractivity contribution in [3.63, 3.8) is 0 Å². The van der Waals surface area contributed by atoms with Gasteiger partial charge in [-0.2, -0.15) is 0 Å². The summed E-state index contributed by atoms with van der Waals surface area (Å²) in [5, 5.41) is 0. The normalized spacial score (nSPS) is 14.0. The van der Waals surface area contributed by atoms with Gasteiger partial charge in [0.2, 0.25) is 0 Å². The molecule has 0 saturated heterocycles. The van der Waals surface area contributed by atoms with E-state index in [0.29, 0.717) is 17.1 Å². The van der Waals surface area contributed by atoms with Crippen LogP contribution in [0.5, 0.6) is 0 Å². The van der Waals surface area contributed by atoms with Crippen molar-refractivity contribution in [2.45, 2.75) is 31.1 Å². The van der Waals surface area contributed by atoms with Crippen LogP contribution in [-0.4, -0.2) is 19.9 Å². The van der Waals surface area contributed by atoms with Gasteiger partial charge in [-0.15, -0.1) is 0 Å². The summed E-state index contributed by atoms with van der Waals surface area (Å²) >= 11 is 0. The molecule has 1 heterocycles. The van der Waals surface area contributed by atoms with E-state index < -0.39 is 10.0 Å². The van der Waals surface area contributed by atoms with Crippen LogP contribution in [0.25, 0.3) is 0 Å². The zero-order valence-electron chi connectivity index (χ0n) is 12.0. The minimum absolute atomic E-state index is 0.369. The minimum Gasteiger partial charge on any atom is -0.265 e. The number of fused-ring (bicyclic) bond motifs is 1. The molecule has 21 heavy (non-hydrogen) atoms. The summed E-state index contributed by atoms with van der Waals surface area (Å²) in [6, 6.07) is 9.01. The number of nitrogens with zero attached hydrogens (tertiary/aromatic N) is 2. The highest BCUT2D eigenvalue weighted by Crippen LogP contribution is 2.28. The van der Waals surface area contributed by atoms with E-state index in [1.165, 1.54) is 15.4 Å². The summed E-state index contributed by atoms with van der Waals surface area (Å²) in [5.41, 5.74) is 3.04. The molecule has 0 aliphatic heterocycles. The first-order chi connectivity index (χ1) is 10.1. The quantitative estimate of drug-likeness (QED) is 0.872. The van der Waals surface area contributed by atoms with Crippen LogP contribution in [0.4, 0.5) is 5.69 Å². The maximum Gasteiger partial charge on any atom is 0.264 e. The van der Waals surface area contributed by atoms with Gasteiger partial charge in [-0.1, -0.05) is 6.07 Å². The zero-order chi connectivity index (χ0) is 14.9. The Kier molecular flexibility index (Phi) is 3.68. The molecular weight excluding hydrogens is 284 g/mol. The van der Waals surface area contributed by atoms with Crippen LogP contribution in [0.1, 0.15) is 24.5 Å². The Hall–Kier alpha value is -1.88. The number of rotatable bonds is 4. The van der Waals surface area contributed by atoms with Gasteiger partial charge >= 0.3 is 0 Å². The number of hydrogen-bond acceptors (Lipinski definition) is 3. The number of pyridine rings is 1. The molecule has 2 aromatic rings. The highest BCUT2D eigenvalue weighted by atomic mass is 32.2. The topological polar surface area (TPSA) is 50.3 Å². The van der Waals surface area contributed by atoms with Gasteiger partial charge in [0.25, 0.3) is 10.0 Å². The maximum absolute atomic E-state index is 12.9. The fraction of sp³-hybridized carbons (Fsp3) is 0.312. The second kappa shape index (κ2) is 5.48. The lowest BCUT2D eigenvalue weighted by Crippen LogP contribution is -2.30. The van der Waals surface area contributed by atoms with Gasteiger partial charge in [0.05, 0.1) is 16.8 Å². The largest absolute Gasteiger partial charge is 0.265 e. The second-order valence-corrected chi connectivity index (χ2v) is 7.03. The van der Waals surface area contributed by atoms with Gasteiger partial charge in [-0.05, 0) is 61.6 Å². The van der Waals surface area contributed by atoms with Gasteiger partial charge in [0.1, 0.15) is 0 Å². The van der Waals surface area contributed by atoms with Crippen molar-refractivity contribution < 1.29 is 8.42 Å². The SMILES string of the molecule is CCN(c1cccnc1)S(=O)(=O)c1ccc2c(c1)CCC2. The molecule has 4 nitrogen and oxygen atoms in total. The molecule has 1 aromatic carbocycles. The number of sulfonamides is 1. The molecule has 0 amide bonds. The third kappa shape index (κ3) is 2.53. The van der Waals surface area contributed by atoms with Crippen LogP contribution >= 0.6 is 0 Å². The highest BCUT2D eigenvalue weighted by molar-refractivity contribution is 7.92. The highest BCUT2D eigenvalue weighted by Gasteiger charge is 2.25. The van der Waals surface area contributed by atoms with E-state index in [9.17, 15) is 8.42 Å². The van der Waals surface area contributed by atoms with E-state index >= 15 is 0 Å². The molecule has 1 aliphatic rings. The fourth-order valence-electron chi connectivity index (χ4n) is 2.83. The standard InChI is InChI=1S/C16H18N2O2S/c1-2-18(15-7-4-10-17-12-15)21(19,20)16-9-8-13-5-3-6-14(13)11-16/h4,7-12H,2-3,5-6H2,1H3. The fourth-order valence-corrected chi connectivity index (χ4v) is 4.34. The van der Waals surface area contributed by atoms with Crippen molar-refractivity contribution in [2.24, 2.45) is 0 Å². The molecule has 0 atom stereocenters. The van der Waals surface area contributed by atoms with E-state index in [4.69, 9.17) is 0 Å². The van der Waals surface area contributed by atoms with E-state index in [-0.39, 0.29) is 0 Å². The van der Waals surface area contributed by atoms with Crippen LogP contribution in [0.15, 0.2) is 47.6 Å². The monoisotopic (exact) mass is 302 g/mol. The van der Waals surface area contributed by atoms with Crippen LogP contribution in [0.3, 0.4) is 0 Å². The van der Waals surface area contributed by atoms with Crippen LogP contribution in [-0.2, 0) is 22.9 Å². The molecule has 0 fully saturated rings. The van der Waals surface area contributed by atoms with Gasteiger partial charge in [-0.3, -0.25) is 9.29 Å². The Balaban J connectivity index is 2.03. The average Bonchev–Trinajstić information content (AvgIpc) is 2.96. The Morgan fingerprint density at radius 1 is 1.19 bits per heavy atom. The summed E-state index contributed by atoms with van der Waals surface area (Å²) in [5.74, 6) is 0. The summed E-state index contributed by atoms with van der Waals surface area (Å²) in [7, 11) is -3.53. The Labute approximate surface area is 125 Å². The van der Waals surface area contributed by atoms with Gasteiger partial charge in [-0.25, -0.2) is 8.42 Å². The molecule has 3 rings (SSSR count). The molecular formula is C16H18N2O2S. The average molecular weight is 302 g/mol. The first-order valence-electron chi connectivity index (χ1n) is 7.17. The van der Waals surface area contributed by atoms with Crippen molar-refractivity contribution in [3.8, 4) is 0 Å². The number of benzene rings is 1. The lowest BCUT2D eigenvalue weighted by atomic mass is 10.1. The van der Waals surface area contributed by atoms with Crippen molar-refractivity contribution in [3.05, 3.63) is 53.9 Å². The van der Waals surface area contributed by atoms with Crippen molar-refractivity contribution in [1.82, 2.24) is 4.98 Å². The summed E-state index contributed by atoms with van der Waals surface area (Å²) in [4.78, 5) is 4.38. The Morgan fingerprint density at radius 2 is 2.00 bits per heavy atom. The molecule has 0 radical (unpaired) electrons. The van der Waals surface area contributed by atoms with Crippen LogP contribution < -0.4 is 4.31 Å². The Bertz CT molecular complexity index is 742. The molecule has 0 spiro atoms. The van der Waals surface area contributed by atoms with Gasteiger partial charge in [0.15, 0.2) is 0 Å². The summed E-state index contributed by atoms with van der Waals surface area (Å²) in [6.45, 7) is 2.21. The summed E-state index contributed by atoms with van der Waals surface area (Å²) < 4.78 is 27.1. The van der Waals surface area contributed by atoms with E-state index in [2.05, 4.69) is 4.98 Å². The van der Waals surface area contributed by atoms with E-state index in [1.54, 1.807) is 30.6 Å². The van der Waals surface area contributed by atoms with Crippen LogP contribution in [0, 0.1) is 0 Å². The summed E-state index contributed by atoms with van der Waals surface area (Å²) in [6.07, 6.45) is 6.35. The van der Waals surface area contributed by atoms with Gasteiger partial charge < -0.3 is 0 Å². The number of anilines is 1. The van der Waals surface area contributed by atoms with E-state index in [0.717, 1.165) is 19.3 Å². The lowest BCUT2D eigenvalue weighted by molar-refractivity contribution is 0.591. The second-order valence-electron chi connectivity index (χ2n) is 5.17. The van der Waals surface area contributed by atoms with Crippen molar-refractivity contribution in [2.75, 3.05) is 10.8 Å². The predicted octanol–water partition coefficient (Wildman–Crippen LogP) is 2.79. The number of aromatic nitrogens is 1. The zero-order valence-corrected chi connectivity index (χ0v) is 12.8. The third-order valence-electron chi connectivity index (χ3n) is 3.88. The maximum atomic E-state index is 12.9. The molecule has 0 bridgehead atoms. The first-order valence-corrected chi connectivity index (χ1v) is 8.61. The van der Waals surface area contributed by atoms with Crippen LogP contribution in [0.2, 0.25) is 0 Å². The molecule has 1 aliphatic carbocycles. The number of hydrogen-bond donors (Lipinski definition) is 0. The minimum atomic E-state index is -3.53. The molecule has 5 heteroatoms. The van der Waals surface area contributed by atoms with Crippen molar-refractivity contribution >= 4 is 15.7 Å². The smallest absolute Gasteiger partial charge is 0.264 e. The predicted molar refractivity (Wildman–Crippen MR) is 82.9 cm³/mol. The van der Waals surface area contributed by atoms with Gasteiger partial charge in [0, 0.05) is 12.7 Å². The number of aryl methyl sites for hydroxylation is 2. The van der Waals surface area contributed by atoms with E-state index in [1.807, 2.05) is 19.1 Å². The molecule has 110 valence electrons. The molecule has 0 unspecified atom stereocenters. The Morgan fingerprint density at radius 3 is 2.71 bits per heavy atom. The molecule has 1 aromatic heterocycles. The lowest BCUT2D eigenvalue weighted by Gasteiger charge is -2.22. The third-order valence-corrected chi connectivity index (χ3v) is 5.78.